The van der Waals surface area contributed by atoms with Crippen molar-refractivity contribution in [1.29, 1.82) is 0 Å². The van der Waals surface area contributed by atoms with Crippen molar-refractivity contribution in [2.45, 2.75) is 360 Å². The molecule has 0 heterocycles. The number of hydrogen-bond donors (Lipinski definition) is 1. The van der Waals surface area contributed by atoms with Crippen LogP contribution in [0, 0.1) is 0 Å². The van der Waals surface area contributed by atoms with Gasteiger partial charge in [-0.15, -0.1) is 0 Å². The molecule has 5 heteroatoms. The second-order valence-corrected chi connectivity index (χ2v) is 21.5. The number of rotatable bonds is 59. The van der Waals surface area contributed by atoms with Crippen LogP contribution in [-0.2, 0) is 19.1 Å². The van der Waals surface area contributed by atoms with Crippen molar-refractivity contribution in [3.63, 3.8) is 0 Å². The molecule has 0 aromatic rings. The fourth-order valence-electron chi connectivity index (χ4n) is 9.77. The van der Waals surface area contributed by atoms with Crippen LogP contribution >= 0.6 is 0 Å². The molecule has 0 aromatic carbocycles. The first-order chi connectivity index (χ1) is 34.1. The van der Waals surface area contributed by atoms with Gasteiger partial charge in [0.25, 0.3) is 0 Å². The Morgan fingerprint density at radius 2 is 0.580 bits per heavy atom. The maximum atomic E-state index is 12.3. The van der Waals surface area contributed by atoms with Gasteiger partial charge in [-0.1, -0.05) is 321 Å². The van der Waals surface area contributed by atoms with Crippen LogP contribution < -0.4 is 0 Å². The van der Waals surface area contributed by atoms with E-state index in [1.165, 1.54) is 276 Å². The van der Waals surface area contributed by atoms with E-state index < -0.39 is 6.10 Å². The van der Waals surface area contributed by atoms with Crippen molar-refractivity contribution in [1.82, 2.24) is 0 Å². The van der Waals surface area contributed by atoms with E-state index in [1.807, 2.05) is 0 Å². The number of hydrogen-bond acceptors (Lipinski definition) is 5. The molecule has 0 saturated heterocycles. The second kappa shape index (κ2) is 60.7. The third kappa shape index (κ3) is 58.8. The standard InChI is InChI=1S/C64H122O5/c1-3-5-7-9-11-13-15-17-19-21-22-23-24-25-26-27-28-29-30-31-32-33-34-35-36-37-38-39-40-41-42-43-45-46-48-50-52-54-56-58-63(66)68-61-62(60-65)69-64(67)59-57-55-53-51-49-47-44-20-18-16-14-12-10-8-6-4-2/h14,16,20,44,62,65H,3-13,15,17-19,21-43,45-61H2,1-2H3/b16-14-,44-20-. The Morgan fingerprint density at radius 1 is 0.333 bits per heavy atom. The first kappa shape index (κ1) is 67.4. The molecule has 0 radical (unpaired) electrons. The largest absolute Gasteiger partial charge is 0.462 e. The molecule has 0 amide bonds. The molecule has 0 aliphatic heterocycles. The van der Waals surface area contributed by atoms with E-state index in [0.29, 0.717) is 12.8 Å². The predicted octanol–water partition coefficient (Wildman–Crippen LogP) is 21.3. The summed E-state index contributed by atoms with van der Waals surface area (Å²) in [5.74, 6) is -0.589. The molecule has 1 N–H and O–H groups in total. The van der Waals surface area contributed by atoms with E-state index in [9.17, 15) is 14.7 Å². The number of allylic oxidation sites excluding steroid dienone is 4. The van der Waals surface area contributed by atoms with Crippen molar-refractivity contribution in [3.05, 3.63) is 24.3 Å². The fraction of sp³-hybridized carbons (Fsp3) is 0.906. The van der Waals surface area contributed by atoms with E-state index in [1.54, 1.807) is 0 Å². The van der Waals surface area contributed by atoms with Crippen LogP contribution in [0.3, 0.4) is 0 Å². The lowest BCUT2D eigenvalue weighted by atomic mass is 10.0. The molecule has 5 nitrogen and oxygen atoms in total. The summed E-state index contributed by atoms with van der Waals surface area (Å²) >= 11 is 0. The van der Waals surface area contributed by atoms with Crippen LogP contribution in [0.25, 0.3) is 0 Å². The van der Waals surface area contributed by atoms with Gasteiger partial charge >= 0.3 is 11.9 Å². The Hall–Kier alpha value is -1.62. The lowest BCUT2D eigenvalue weighted by Crippen LogP contribution is -2.28. The molecule has 0 fully saturated rings. The highest BCUT2D eigenvalue weighted by Crippen LogP contribution is 2.18. The maximum Gasteiger partial charge on any atom is 0.306 e. The van der Waals surface area contributed by atoms with Crippen LogP contribution in [0.4, 0.5) is 0 Å². The minimum atomic E-state index is -0.776. The van der Waals surface area contributed by atoms with Gasteiger partial charge in [-0.05, 0) is 44.9 Å². The van der Waals surface area contributed by atoms with Gasteiger partial charge in [0.05, 0.1) is 6.61 Å². The van der Waals surface area contributed by atoms with Gasteiger partial charge in [-0.2, -0.15) is 0 Å². The normalized spacial score (nSPS) is 12.2. The van der Waals surface area contributed by atoms with E-state index in [0.717, 1.165) is 51.4 Å². The van der Waals surface area contributed by atoms with Crippen molar-refractivity contribution in [2.75, 3.05) is 13.2 Å². The lowest BCUT2D eigenvalue weighted by molar-refractivity contribution is -0.161. The lowest BCUT2D eigenvalue weighted by Gasteiger charge is -2.15. The van der Waals surface area contributed by atoms with Gasteiger partial charge in [-0.25, -0.2) is 0 Å². The molecule has 1 atom stereocenters. The minimum Gasteiger partial charge on any atom is -0.462 e. The van der Waals surface area contributed by atoms with Gasteiger partial charge < -0.3 is 14.6 Å². The fourth-order valence-corrected chi connectivity index (χ4v) is 9.77. The minimum absolute atomic E-state index is 0.0664. The highest BCUT2D eigenvalue weighted by molar-refractivity contribution is 5.70. The molecule has 0 aromatic heterocycles. The SMILES string of the molecule is CCCCCC/C=C\C/C=C\CCCCCCCC(=O)OC(CO)COC(=O)CCCCCCCCCCCCCCCCCCCCCCCCCCCCCCCCCCCCCCCCC. The number of carbonyl (C=O) groups excluding carboxylic acids is 2. The Bertz CT molecular complexity index is 1050. The first-order valence-corrected chi connectivity index (χ1v) is 31.4. The monoisotopic (exact) mass is 971 g/mol. The Kier molecular flexibility index (Phi) is 59.3. The van der Waals surface area contributed by atoms with Crippen LogP contribution in [0.1, 0.15) is 354 Å². The highest BCUT2D eigenvalue weighted by atomic mass is 16.6. The summed E-state index contributed by atoms with van der Waals surface area (Å²) in [4.78, 5) is 24.5. The Morgan fingerprint density at radius 3 is 0.870 bits per heavy atom. The molecule has 1 unspecified atom stereocenters. The summed E-state index contributed by atoms with van der Waals surface area (Å²) in [6.45, 7) is 4.16. The third-order valence-electron chi connectivity index (χ3n) is 14.5. The van der Waals surface area contributed by atoms with Crippen LogP contribution in [0.15, 0.2) is 24.3 Å². The summed E-state index contributed by atoms with van der Waals surface area (Å²) in [5, 5.41) is 9.64. The van der Waals surface area contributed by atoms with E-state index >= 15 is 0 Å². The molecular formula is C64H122O5. The first-order valence-electron chi connectivity index (χ1n) is 31.4. The molecule has 0 saturated carbocycles. The Labute approximate surface area is 432 Å². The molecule has 69 heavy (non-hydrogen) atoms. The summed E-state index contributed by atoms with van der Waals surface area (Å²) in [5.41, 5.74) is 0. The average molecular weight is 972 g/mol. The van der Waals surface area contributed by atoms with Gasteiger partial charge in [0.1, 0.15) is 6.61 Å². The van der Waals surface area contributed by atoms with Gasteiger partial charge in [0.15, 0.2) is 6.10 Å². The van der Waals surface area contributed by atoms with Crippen LogP contribution in [-0.4, -0.2) is 36.4 Å². The second-order valence-electron chi connectivity index (χ2n) is 21.5. The van der Waals surface area contributed by atoms with Crippen LogP contribution in [0.2, 0.25) is 0 Å². The predicted molar refractivity (Wildman–Crippen MR) is 302 cm³/mol. The molecular weight excluding hydrogens is 849 g/mol. The number of aliphatic hydroxyl groups excluding tert-OH is 1. The molecule has 0 aliphatic carbocycles. The van der Waals surface area contributed by atoms with Crippen molar-refractivity contribution in [2.24, 2.45) is 0 Å². The van der Waals surface area contributed by atoms with Crippen LogP contribution in [0.5, 0.6) is 0 Å². The zero-order valence-corrected chi connectivity index (χ0v) is 46.9. The van der Waals surface area contributed by atoms with E-state index in [2.05, 4.69) is 38.2 Å². The van der Waals surface area contributed by atoms with Crippen molar-refractivity contribution < 1.29 is 24.2 Å². The Balaban J connectivity index is 3.34. The highest BCUT2D eigenvalue weighted by Gasteiger charge is 2.16. The van der Waals surface area contributed by atoms with Gasteiger partial charge in [0, 0.05) is 12.8 Å². The molecule has 0 rings (SSSR count). The summed E-state index contributed by atoms with van der Waals surface area (Å²) in [6, 6.07) is 0. The zero-order chi connectivity index (χ0) is 49.9. The number of esters is 2. The van der Waals surface area contributed by atoms with Crippen molar-refractivity contribution >= 4 is 11.9 Å². The smallest absolute Gasteiger partial charge is 0.306 e. The quantitative estimate of drug-likeness (QED) is 0.0373. The maximum absolute atomic E-state index is 12.3. The van der Waals surface area contributed by atoms with E-state index in [4.69, 9.17) is 9.47 Å². The van der Waals surface area contributed by atoms with Crippen molar-refractivity contribution in [3.8, 4) is 0 Å². The summed E-state index contributed by atoms with van der Waals surface area (Å²) in [7, 11) is 0. The number of carbonyl (C=O) groups is 2. The van der Waals surface area contributed by atoms with Gasteiger partial charge in [0.2, 0.25) is 0 Å². The van der Waals surface area contributed by atoms with E-state index in [-0.39, 0.29) is 25.2 Å². The number of ether oxygens (including phenoxy) is 2. The average Bonchev–Trinajstić information content (AvgIpc) is 3.35. The molecule has 408 valence electrons. The van der Waals surface area contributed by atoms with Gasteiger partial charge in [-0.3, -0.25) is 9.59 Å². The zero-order valence-electron chi connectivity index (χ0n) is 46.9. The summed E-state index contributed by atoms with van der Waals surface area (Å²) < 4.78 is 10.7. The molecule has 0 aliphatic rings. The topological polar surface area (TPSA) is 72.8 Å². The molecule has 0 bridgehead atoms. The number of unbranched alkanes of at least 4 members (excludes halogenated alkanes) is 47. The third-order valence-corrected chi connectivity index (χ3v) is 14.5. The summed E-state index contributed by atoms with van der Waals surface area (Å²) in [6.07, 6.45) is 77.8. The molecule has 0 spiro atoms. The number of aliphatic hydroxyl groups is 1.